The number of allylic oxidation sites excluding steroid dienone is 4. The van der Waals surface area contributed by atoms with E-state index >= 15 is 0 Å². The molecular weight excluding hydrogens is 709 g/mol. The molecular formula is C45H64N4O5S. The molecule has 0 spiro atoms. The van der Waals surface area contributed by atoms with Crippen molar-refractivity contribution in [3.8, 4) is 11.9 Å². The molecule has 0 amide bonds. The summed E-state index contributed by atoms with van der Waals surface area (Å²) in [6.07, 6.45) is 20.9. The maximum atomic E-state index is 12.7. The fourth-order valence-corrected chi connectivity index (χ4v) is 15.7. The van der Waals surface area contributed by atoms with Gasteiger partial charge in [-0.05, 0) is 140 Å². The second-order valence-corrected chi connectivity index (χ2v) is 22.3. The number of aliphatic carboxylic acids is 1. The van der Waals surface area contributed by atoms with Crippen LogP contribution in [-0.2, 0) is 14.6 Å². The van der Waals surface area contributed by atoms with Gasteiger partial charge in [-0.3, -0.25) is 4.79 Å². The van der Waals surface area contributed by atoms with Crippen molar-refractivity contribution < 1.29 is 23.1 Å². The smallest absolute Gasteiger partial charge is 0.313 e. The third kappa shape index (κ3) is 6.70. The number of hydrogen-bond donors (Lipinski definition) is 2. The maximum Gasteiger partial charge on any atom is 0.313 e. The van der Waals surface area contributed by atoms with Crippen LogP contribution in [0.25, 0.3) is 0 Å². The molecule has 1 aromatic heterocycles. The van der Waals surface area contributed by atoms with E-state index in [0.29, 0.717) is 66.1 Å². The van der Waals surface area contributed by atoms with Crippen molar-refractivity contribution in [2.24, 2.45) is 51.2 Å². The summed E-state index contributed by atoms with van der Waals surface area (Å²) in [6, 6.07) is 5.34. The first kappa shape index (κ1) is 39.1. The number of carboxylic acids is 1. The molecule has 0 radical (unpaired) electrons. The average molecular weight is 773 g/mol. The van der Waals surface area contributed by atoms with Gasteiger partial charge in [0.1, 0.15) is 18.1 Å². The molecule has 9 atom stereocenters. The zero-order chi connectivity index (χ0) is 38.9. The van der Waals surface area contributed by atoms with E-state index < -0.39 is 21.2 Å². The van der Waals surface area contributed by atoms with Crippen LogP contribution in [0.15, 0.2) is 41.6 Å². The van der Waals surface area contributed by atoms with E-state index in [1.165, 1.54) is 75.1 Å². The molecule has 9 nitrogen and oxygen atoms in total. The Kier molecular flexibility index (Phi) is 10.1. The van der Waals surface area contributed by atoms with Crippen molar-refractivity contribution in [1.82, 2.24) is 15.2 Å². The number of nitrogens with one attached hydrogen (secondary N) is 1. The molecule has 5 fully saturated rings. The minimum Gasteiger partial charge on any atom is -0.481 e. The summed E-state index contributed by atoms with van der Waals surface area (Å²) in [6.45, 7) is 13.6. The molecule has 300 valence electrons. The summed E-state index contributed by atoms with van der Waals surface area (Å²) in [5.74, 6) is 3.78. The molecule has 1 saturated heterocycles. The van der Waals surface area contributed by atoms with Crippen molar-refractivity contribution in [3.05, 3.63) is 47.2 Å². The Balaban J connectivity index is 0.948. The van der Waals surface area contributed by atoms with Gasteiger partial charge in [-0.15, -0.1) is 0 Å². The molecule has 8 rings (SSSR count). The Morgan fingerprint density at radius 3 is 2.45 bits per heavy atom. The predicted octanol–water partition coefficient (Wildman–Crippen LogP) is 7.59. The first-order valence-corrected chi connectivity index (χ1v) is 23.3. The van der Waals surface area contributed by atoms with Crippen LogP contribution in [0.2, 0.25) is 0 Å². The zero-order valence-corrected chi connectivity index (χ0v) is 34.6. The number of ether oxygens (including phenoxy) is 1. The molecule has 7 aliphatic rings. The molecule has 4 saturated carbocycles. The van der Waals surface area contributed by atoms with Crippen LogP contribution in [0, 0.1) is 62.6 Å². The highest BCUT2D eigenvalue weighted by molar-refractivity contribution is 7.91. The van der Waals surface area contributed by atoms with Crippen LogP contribution in [0.4, 0.5) is 0 Å². The van der Waals surface area contributed by atoms with Gasteiger partial charge in [-0.2, -0.15) is 5.26 Å². The van der Waals surface area contributed by atoms with Gasteiger partial charge in [0.2, 0.25) is 5.88 Å². The number of carboxylic acid groups (broad SMARTS) is 1. The van der Waals surface area contributed by atoms with E-state index in [2.05, 4.69) is 61.1 Å². The quantitative estimate of drug-likeness (QED) is 0.261. The topological polar surface area (TPSA) is 133 Å². The fraction of sp³-hybridized carbons (Fsp3) is 0.756. The number of rotatable bonds is 9. The van der Waals surface area contributed by atoms with E-state index in [0.717, 1.165) is 43.7 Å². The molecule has 0 aromatic carbocycles. The minimum absolute atomic E-state index is 0.0127. The van der Waals surface area contributed by atoms with Crippen molar-refractivity contribution in [1.29, 1.82) is 5.26 Å². The van der Waals surface area contributed by atoms with Crippen molar-refractivity contribution in [3.63, 3.8) is 0 Å². The van der Waals surface area contributed by atoms with Gasteiger partial charge in [-0.1, -0.05) is 46.3 Å². The lowest BCUT2D eigenvalue weighted by Crippen LogP contribution is -2.64. The van der Waals surface area contributed by atoms with Crippen molar-refractivity contribution in [2.45, 2.75) is 117 Å². The van der Waals surface area contributed by atoms with Gasteiger partial charge in [0.25, 0.3) is 0 Å². The number of sulfone groups is 1. The molecule has 2 N–H and O–H groups in total. The number of carbonyl (C=O) groups is 1. The summed E-state index contributed by atoms with van der Waals surface area (Å²) in [4.78, 5) is 19.2. The van der Waals surface area contributed by atoms with Crippen molar-refractivity contribution >= 4 is 15.8 Å². The Hall–Kier alpha value is -2.74. The summed E-state index contributed by atoms with van der Waals surface area (Å²) >= 11 is 0. The van der Waals surface area contributed by atoms with Crippen LogP contribution in [-0.4, -0.2) is 79.2 Å². The van der Waals surface area contributed by atoms with Crippen LogP contribution < -0.4 is 10.1 Å². The zero-order valence-electron chi connectivity index (χ0n) is 33.7. The van der Waals surface area contributed by atoms with Gasteiger partial charge in [-0.25, -0.2) is 13.4 Å². The van der Waals surface area contributed by atoms with Crippen LogP contribution in [0.1, 0.15) is 117 Å². The lowest BCUT2D eigenvalue weighted by molar-refractivity contribution is -0.175. The van der Waals surface area contributed by atoms with Crippen LogP contribution in [0.3, 0.4) is 0 Å². The third-order valence-electron chi connectivity index (χ3n) is 17.2. The predicted molar refractivity (Wildman–Crippen MR) is 214 cm³/mol. The highest BCUT2D eigenvalue weighted by atomic mass is 32.2. The summed E-state index contributed by atoms with van der Waals surface area (Å²) < 4.78 is 29.9. The number of pyridine rings is 1. The molecule has 1 aromatic rings. The van der Waals surface area contributed by atoms with Gasteiger partial charge >= 0.3 is 5.97 Å². The van der Waals surface area contributed by atoms with E-state index in [1.807, 2.05) is 0 Å². The van der Waals surface area contributed by atoms with Gasteiger partial charge in [0, 0.05) is 44.0 Å². The minimum atomic E-state index is -2.85. The van der Waals surface area contributed by atoms with Crippen molar-refractivity contribution in [2.75, 3.05) is 44.3 Å². The highest BCUT2D eigenvalue weighted by Crippen LogP contribution is 2.72. The fourth-order valence-electron chi connectivity index (χ4n) is 14.4. The molecule has 10 heteroatoms. The number of fused-ring (bicyclic) bond motifs is 7. The van der Waals surface area contributed by atoms with Gasteiger partial charge in [0.15, 0.2) is 9.84 Å². The van der Waals surface area contributed by atoms with Gasteiger partial charge < -0.3 is 20.1 Å². The Morgan fingerprint density at radius 1 is 0.964 bits per heavy atom. The monoisotopic (exact) mass is 772 g/mol. The molecule has 6 aliphatic carbocycles. The van der Waals surface area contributed by atoms with Crippen LogP contribution >= 0.6 is 0 Å². The second kappa shape index (κ2) is 14.3. The number of nitriles is 1. The summed E-state index contributed by atoms with van der Waals surface area (Å²) in [7, 11) is -2.85. The van der Waals surface area contributed by atoms with E-state index in [-0.39, 0.29) is 23.0 Å². The van der Waals surface area contributed by atoms with E-state index in [9.17, 15) is 18.3 Å². The first-order valence-electron chi connectivity index (χ1n) is 21.5. The second-order valence-electron chi connectivity index (χ2n) is 20.0. The highest BCUT2D eigenvalue weighted by Gasteiger charge is 2.65. The standard InChI is InChI=1S/C45H64N4O5S/c1-41(2)34(32-11-19-44(20-12-32,40(50)51)30-54-39-10-7-31(28-46)29-47-39)13-17-43(4)37(41)15-18-42(3)35-14-21-45(16-5-6-36(45)33(35)8-9-38(42)43)48-22-23-49-24-26-55(52,53)27-25-49/h7,10-11,13,29,33,35-38,48H,5-6,8-9,12,14-27,30H2,1-4H3,(H,50,51)/t33?,35?,36-,37?,38?,42?,43?,44?,45?/m1/s1. The van der Waals surface area contributed by atoms with E-state index in [4.69, 9.17) is 10.00 Å². The largest absolute Gasteiger partial charge is 0.481 e. The number of hydrogen-bond acceptors (Lipinski definition) is 8. The Bertz CT molecular complexity index is 1850. The SMILES string of the molecule is CC1(C)C(C2=CCC(COc3ccc(C#N)cn3)(C(=O)O)CC2)=CCC2(C)C1CCC1(C)C3CCC4(NCCN5CCS(=O)(=O)CC5)CCC[C@@H]4C3CCC12. The molecule has 2 heterocycles. The number of aromatic nitrogens is 1. The lowest BCUT2D eigenvalue weighted by atomic mass is 9.37. The number of nitrogens with zero attached hydrogens (tertiary/aromatic N) is 3. The Morgan fingerprint density at radius 2 is 1.76 bits per heavy atom. The average Bonchev–Trinajstić information content (AvgIpc) is 3.59. The lowest BCUT2D eigenvalue weighted by Gasteiger charge is -2.68. The summed E-state index contributed by atoms with van der Waals surface area (Å²) in [5.41, 5.74) is 3.11. The Labute approximate surface area is 329 Å². The molecule has 0 bridgehead atoms. The molecule has 1 aliphatic heterocycles. The normalized spacial score (nSPS) is 40.6. The maximum absolute atomic E-state index is 12.7. The summed E-state index contributed by atoms with van der Waals surface area (Å²) in [5, 5.41) is 23.7. The molecule has 8 unspecified atom stereocenters. The third-order valence-corrected chi connectivity index (χ3v) is 18.8. The van der Waals surface area contributed by atoms with Crippen LogP contribution in [0.5, 0.6) is 5.88 Å². The van der Waals surface area contributed by atoms with Gasteiger partial charge in [0.05, 0.1) is 17.1 Å². The van der Waals surface area contributed by atoms with E-state index in [1.54, 1.807) is 12.1 Å². The molecule has 55 heavy (non-hydrogen) atoms. The first-order chi connectivity index (χ1) is 26.1.